The number of anilines is 3. The van der Waals surface area contributed by atoms with E-state index in [1.807, 2.05) is 28.3 Å². The first-order chi connectivity index (χ1) is 18.9. The maximum absolute atomic E-state index is 13.6. The summed E-state index contributed by atoms with van der Waals surface area (Å²) in [6.45, 7) is 2.73. The number of aryl methyl sites for hydroxylation is 1. The second-order valence-corrected chi connectivity index (χ2v) is 10.6. The van der Waals surface area contributed by atoms with Crippen LogP contribution >= 0.6 is 0 Å². The second-order valence-electron chi connectivity index (χ2n) is 10.6. The van der Waals surface area contributed by atoms with Crippen molar-refractivity contribution < 1.29 is 14.3 Å². The molecule has 0 radical (unpaired) electrons. The summed E-state index contributed by atoms with van der Waals surface area (Å²) in [6.07, 6.45) is 6.79. The van der Waals surface area contributed by atoms with Crippen LogP contribution in [0.3, 0.4) is 0 Å². The fourth-order valence-corrected chi connectivity index (χ4v) is 5.56. The molecule has 1 saturated heterocycles. The van der Waals surface area contributed by atoms with Crippen LogP contribution in [-0.2, 0) is 16.6 Å². The van der Waals surface area contributed by atoms with Gasteiger partial charge in [0.2, 0.25) is 17.7 Å². The molecule has 3 aliphatic rings. The lowest BCUT2D eigenvalue weighted by Crippen LogP contribution is -2.32. The molecule has 5 heterocycles. The summed E-state index contributed by atoms with van der Waals surface area (Å²) in [5.41, 5.74) is 2.93. The van der Waals surface area contributed by atoms with Gasteiger partial charge in [0.25, 0.3) is 5.56 Å². The maximum atomic E-state index is 13.6. The second kappa shape index (κ2) is 9.19. The summed E-state index contributed by atoms with van der Waals surface area (Å²) in [7, 11) is 1.85. The van der Waals surface area contributed by atoms with Gasteiger partial charge in [0.15, 0.2) is 5.65 Å². The van der Waals surface area contributed by atoms with Gasteiger partial charge in [-0.2, -0.15) is 4.98 Å². The van der Waals surface area contributed by atoms with Gasteiger partial charge in [0.1, 0.15) is 22.8 Å². The van der Waals surface area contributed by atoms with Crippen LogP contribution < -0.4 is 20.9 Å². The lowest BCUT2D eigenvalue weighted by atomic mass is 10.0. The first kappa shape index (κ1) is 23.8. The van der Waals surface area contributed by atoms with Crippen molar-refractivity contribution in [3.05, 3.63) is 58.6 Å². The molecule has 2 saturated carbocycles. The summed E-state index contributed by atoms with van der Waals surface area (Å²) >= 11 is 0. The molecule has 39 heavy (non-hydrogen) atoms. The van der Waals surface area contributed by atoms with E-state index in [1.54, 1.807) is 24.4 Å². The zero-order valence-electron chi connectivity index (χ0n) is 21.8. The fraction of sp³-hybridized carbons (Fsp3) is 0.393. The van der Waals surface area contributed by atoms with Gasteiger partial charge < -0.3 is 24.7 Å². The first-order valence-electron chi connectivity index (χ1n) is 13.3. The molecule has 4 aromatic rings. The van der Waals surface area contributed by atoms with Crippen LogP contribution in [0, 0.1) is 11.8 Å². The molecule has 2 aliphatic carbocycles. The number of nitrogens with zero attached hydrogens (tertiary/aromatic N) is 5. The first-order valence-corrected chi connectivity index (χ1v) is 13.3. The Labute approximate surface area is 224 Å². The Balaban J connectivity index is 1.18. The fourth-order valence-electron chi connectivity index (χ4n) is 5.56. The van der Waals surface area contributed by atoms with E-state index in [9.17, 15) is 9.59 Å². The lowest BCUT2D eigenvalue weighted by molar-refractivity contribution is -0.114. The van der Waals surface area contributed by atoms with Crippen molar-refractivity contribution in [2.75, 3.05) is 23.8 Å². The summed E-state index contributed by atoms with van der Waals surface area (Å²) < 4.78 is 15.3. The van der Waals surface area contributed by atoms with Crippen molar-refractivity contribution in [2.45, 2.75) is 38.1 Å². The number of carbonyl (C=O) groups is 1. The number of pyridine rings is 3. The van der Waals surface area contributed by atoms with Gasteiger partial charge in [-0.1, -0.05) is 0 Å². The molecule has 2 N–H and O–H groups in total. The molecule has 11 heteroatoms. The SMILES string of the molecule is CC(=O)Nc1cc(Oc2ccc3nc(Nc4cc(C5C6CC65)cn(C5CCCOC5)c4=O)n(C)c3n2)ccn1. The number of hydrogen-bond donors (Lipinski definition) is 2. The quantitative estimate of drug-likeness (QED) is 0.368. The Hall–Kier alpha value is -4.25. The molecule has 0 spiro atoms. The monoisotopic (exact) mass is 527 g/mol. The predicted molar refractivity (Wildman–Crippen MR) is 145 cm³/mol. The molecule has 3 fully saturated rings. The molecule has 7 rings (SSSR count). The number of ether oxygens (including phenoxy) is 2. The lowest BCUT2D eigenvalue weighted by Gasteiger charge is -2.25. The summed E-state index contributed by atoms with van der Waals surface area (Å²) in [5, 5.41) is 5.94. The zero-order chi connectivity index (χ0) is 26.7. The van der Waals surface area contributed by atoms with Crippen LogP contribution in [-0.4, -0.2) is 43.2 Å². The highest BCUT2D eigenvalue weighted by atomic mass is 16.5. The smallest absolute Gasteiger partial charge is 0.274 e. The highest BCUT2D eigenvalue weighted by Gasteiger charge is 2.64. The van der Waals surface area contributed by atoms with Crippen molar-refractivity contribution in [3.8, 4) is 11.6 Å². The summed E-state index contributed by atoms with van der Waals surface area (Å²) in [5.74, 6) is 3.67. The van der Waals surface area contributed by atoms with Crippen molar-refractivity contribution >= 4 is 34.5 Å². The molecule has 3 unspecified atom stereocenters. The van der Waals surface area contributed by atoms with Gasteiger partial charge in [-0.05, 0) is 60.8 Å². The highest BCUT2D eigenvalue weighted by Crippen LogP contribution is 2.73. The van der Waals surface area contributed by atoms with E-state index in [-0.39, 0.29) is 17.5 Å². The molecule has 200 valence electrons. The average Bonchev–Trinajstić information content (AvgIpc) is 3.82. The maximum Gasteiger partial charge on any atom is 0.274 e. The minimum Gasteiger partial charge on any atom is -0.439 e. The Morgan fingerprint density at radius 2 is 2.05 bits per heavy atom. The van der Waals surface area contributed by atoms with Crippen LogP contribution in [0.2, 0.25) is 0 Å². The normalized spacial score (nSPS) is 23.2. The molecule has 1 aliphatic heterocycles. The largest absolute Gasteiger partial charge is 0.439 e. The number of amides is 1. The number of imidazole rings is 1. The Morgan fingerprint density at radius 1 is 1.18 bits per heavy atom. The minimum absolute atomic E-state index is 0.0444. The summed E-state index contributed by atoms with van der Waals surface area (Å²) in [6, 6.07) is 8.91. The van der Waals surface area contributed by atoms with Crippen molar-refractivity contribution in [1.82, 2.24) is 24.1 Å². The zero-order valence-corrected chi connectivity index (χ0v) is 21.8. The van der Waals surface area contributed by atoms with E-state index in [0.29, 0.717) is 52.8 Å². The van der Waals surface area contributed by atoms with E-state index in [0.717, 1.165) is 31.3 Å². The van der Waals surface area contributed by atoms with Crippen molar-refractivity contribution in [1.29, 1.82) is 0 Å². The molecule has 0 bridgehead atoms. The van der Waals surface area contributed by atoms with Gasteiger partial charge >= 0.3 is 0 Å². The Bertz CT molecular complexity index is 1650. The third-order valence-electron chi connectivity index (χ3n) is 7.85. The van der Waals surface area contributed by atoms with Gasteiger partial charge in [-0.15, -0.1) is 0 Å². The van der Waals surface area contributed by atoms with Crippen molar-refractivity contribution in [2.24, 2.45) is 18.9 Å². The number of fused-ring (bicyclic) bond motifs is 2. The van der Waals surface area contributed by atoms with Crippen molar-refractivity contribution in [3.63, 3.8) is 0 Å². The highest BCUT2D eigenvalue weighted by molar-refractivity contribution is 5.87. The van der Waals surface area contributed by atoms with E-state index in [4.69, 9.17) is 14.5 Å². The van der Waals surface area contributed by atoms with E-state index < -0.39 is 0 Å². The number of rotatable bonds is 7. The van der Waals surface area contributed by atoms with E-state index in [1.165, 1.54) is 18.9 Å². The molecule has 4 aromatic heterocycles. The molecule has 11 nitrogen and oxygen atoms in total. The number of aromatic nitrogens is 5. The molecule has 0 aromatic carbocycles. The average molecular weight is 528 g/mol. The van der Waals surface area contributed by atoms with Gasteiger partial charge in [-0.25, -0.2) is 9.97 Å². The molecular weight excluding hydrogens is 498 g/mol. The third-order valence-corrected chi connectivity index (χ3v) is 7.85. The standard InChI is InChI=1S/C28H29N7O4/c1-15(36)30-23-11-18(7-8-29-23)39-24-6-5-21-26(33-24)34(2)28(31-21)32-22-10-16(25-19-12-20(19)25)13-35(27(22)37)17-4-3-9-38-14-17/h5-8,10-11,13,17,19-20,25H,3-4,9,12,14H2,1-2H3,(H,31,32)(H,29,30,36). The van der Waals surface area contributed by atoms with Crippen LogP contribution in [0.5, 0.6) is 11.6 Å². The van der Waals surface area contributed by atoms with Gasteiger partial charge in [-0.3, -0.25) is 14.2 Å². The number of carbonyl (C=O) groups excluding carboxylic acids is 1. The van der Waals surface area contributed by atoms with Gasteiger partial charge in [0.05, 0.1) is 12.6 Å². The van der Waals surface area contributed by atoms with E-state index in [2.05, 4.69) is 26.8 Å². The molecular formula is C28H29N7O4. The van der Waals surface area contributed by atoms with Gasteiger partial charge in [0, 0.05) is 45.1 Å². The third kappa shape index (κ3) is 4.52. The topological polar surface area (TPSA) is 125 Å². The van der Waals surface area contributed by atoms with Crippen LogP contribution in [0.15, 0.2) is 47.5 Å². The number of hydrogen-bond acceptors (Lipinski definition) is 8. The van der Waals surface area contributed by atoms with Crippen LogP contribution in [0.4, 0.5) is 17.5 Å². The van der Waals surface area contributed by atoms with Crippen LogP contribution in [0.25, 0.3) is 11.2 Å². The number of nitrogens with one attached hydrogen (secondary N) is 2. The predicted octanol–water partition coefficient (Wildman–Crippen LogP) is 4.10. The summed E-state index contributed by atoms with van der Waals surface area (Å²) in [4.78, 5) is 38.4. The van der Waals surface area contributed by atoms with E-state index >= 15 is 0 Å². The molecule has 1 amide bonds. The Morgan fingerprint density at radius 3 is 2.79 bits per heavy atom. The Kier molecular flexibility index (Phi) is 5.62. The molecule has 3 atom stereocenters. The van der Waals surface area contributed by atoms with Crippen LogP contribution in [0.1, 0.15) is 43.7 Å². The minimum atomic E-state index is -0.215.